The molecule has 2 amide bonds. The number of halogens is 1. The molecule has 1 saturated heterocycles. The van der Waals surface area contributed by atoms with Gasteiger partial charge >= 0.3 is 0 Å². The van der Waals surface area contributed by atoms with Gasteiger partial charge in [0.1, 0.15) is 17.2 Å². The van der Waals surface area contributed by atoms with E-state index in [9.17, 15) is 9.59 Å². The third-order valence-corrected chi connectivity index (χ3v) is 7.41. The molecular formula is C31H23ClN2O4S2. The van der Waals surface area contributed by atoms with E-state index in [1.54, 1.807) is 48.5 Å². The number of para-hydroxylation sites is 1. The SMILES string of the molecule is Cc1ccc(NC(=O)COc2ccc(/C=C3\SC(=S)N(c4ccc(Oc5ccccc5)cc4)C3=O)cc2Cl)cc1. The molecular weight excluding hydrogens is 564 g/mol. The summed E-state index contributed by atoms with van der Waals surface area (Å²) in [4.78, 5) is 27.4. The molecule has 4 aromatic rings. The molecule has 0 aliphatic carbocycles. The van der Waals surface area contributed by atoms with Crippen LogP contribution in [0.5, 0.6) is 17.2 Å². The lowest BCUT2D eigenvalue weighted by Crippen LogP contribution is -2.27. The highest BCUT2D eigenvalue weighted by atomic mass is 35.5. The predicted molar refractivity (Wildman–Crippen MR) is 165 cm³/mol. The van der Waals surface area contributed by atoms with E-state index in [2.05, 4.69) is 5.32 Å². The van der Waals surface area contributed by atoms with Crippen molar-refractivity contribution in [3.05, 3.63) is 118 Å². The van der Waals surface area contributed by atoms with Crippen LogP contribution < -0.4 is 19.7 Å². The summed E-state index contributed by atoms with van der Waals surface area (Å²) < 4.78 is 11.9. The lowest BCUT2D eigenvalue weighted by molar-refractivity contribution is -0.118. The van der Waals surface area contributed by atoms with E-state index in [0.717, 1.165) is 11.3 Å². The Hall–Kier alpha value is -4.11. The van der Waals surface area contributed by atoms with Gasteiger partial charge in [0.15, 0.2) is 10.9 Å². The largest absolute Gasteiger partial charge is 0.482 e. The van der Waals surface area contributed by atoms with E-state index in [1.807, 2.05) is 61.5 Å². The smallest absolute Gasteiger partial charge is 0.270 e. The van der Waals surface area contributed by atoms with Crippen molar-refractivity contribution in [1.82, 2.24) is 0 Å². The van der Waals surface area contributed by atoms with E-state index < -0.39 is 0 Å². The van der Waals surface area contributed by atoms with Crippen molar-refractivity contribution in [2.75, 3.05) is 16.8 Å². The Bertz CT molecular complexity index is 1590. The minimum Gasteiger partial charge on any atom is -0.482 e. The summed E-state index contributed by atoms with van der Waals surface area (Å²) in [5, 5.41) is 3.10. The zero-order chi connectivity index (χ0) is 28.1. The fraction of sp³-hybridized carbons (Fsp3) is 0.0645. The molecule has 200 valence electrons. The van der Waals surface area contributed by atoms with Gasteiger partial charge in [0, 0.05) is 5.69 Å². The van der Waals surface area contributed by atoms with Crippen LogP contribution in [0, 0.1) is 6.92 Å². The number of carbonyl (C=O) groups excluding carboxylic acids is 2. The maximum Gasteiger partial charge on any atom is 0.270 e. The van der Waals surface area contributed by atoms with Crippen molar-refractivity contribution in [3.63, 3.8) is 0 Å². The zero-order valence-electron chi connectivity index (χ0n) is 21.3. The van der Waals surface area contributed by atoms with Crippen LogP contribution in [0.1, 0.15) is 11.1 Å². The van der Waals surface area contributed by atoms with Gasteiger partial charge in [-0.2, -0.15) is 0 Å². The highest BCUT2D eigenvalue weighted by molar-refractivity contribution is 8.27. The Morgan fingerprint density at radius 2 is 1.68 bits per heavy atom. The van der Waals surface area contributed by atoms with Crippen molar-refractivity contribution in [2.24, 2.45) is 0 Å². The normalized spacial score (nSPS) is 13.9. The molecule has 0 spiro atoms. The fourth-order valence-electron chi connectivity index (χ4n) is 3.83. The Morgan fingerprint density at radius 1 is 0.975 bits per heavy atom. The number of rotatable bonds is 8. The summed E-state index contributed by atoms with van der Waals surface area (Å²) in [6, 6.07) is 29.2. The molecule has 5 rings (SSSR count). The molecule has 0 bridgehead atoms. The van der Waals surface area contributed by atoms with E-state index in [0.29, 0.717) is 42.7 Å². The van der Waals surface area contributed by atoms with Crippen LogP contribution in [0.3, 0.4) is 0 Å². The predicted octanol–water partition coefficient (Wildman–Crippen LogP) is 7.86. The van der Waals surface area contributed by atoms with Crippen LogP contribution in [-0.2, 0) is 9.59 Å². The number of benzene rings is 4. The van der Waals surface area contributed by atoms with Gasteiger partial charge in [0.2, 0.25) is 0 Å². The summed E-state index contributed by atoms with van der Waals surface area (Å²) in [5.74, 6) is 1.22. The summed E-state index contributed by atoms with van der Waals surface area (Å²) in [6.45, 7) is 1.78. The molecule has 4 aromatic carbocycles. The maximum absolute atomic E-state index is 13.2. The summed E-state index contributed by atoms with van der Waals surface area (Å²) in [6.07, 6.45) is 1.73. The first-order valence-electron chi connectivity index (χ1n) is 12.3. The first-order chi connectivity index (χ1) is 19.4. The third-order valence-electron chi connectivity index (χ3n) is 5.82. The highest BCUT2D eigenvalue weighted by Crippen LogP contribution is 2.37. The molecule has 0 unspecified atom stereocenters. The van der Waals surface area contributed by atoms with Gasteiger partial charge < -0.3 is 14.8 Å². The molecule has 0 saturated carbocycles. The van der Waals surface area contributed by atoms with Crippen LogP contribution in [0.15, 0.2) is 102 Å². The number of thiocarbonyl (C=S) groups is 1. The van der Waals surface area contributed by atoms with Gasteiger partial charge in [-0.05, 0) is 79.2 Å². The molecule has 1 fully saturated rings. The van der Waals surface area contributed by atoms with Crippen molar-refractivity contribution < 1.29 is 19.1 Å². The van der Waals surface area contributed by atoms with Crippen LogP contribution in [0.25, 0.3) is 6.08 Å². The second-order valence-electron chi connectivity index (χ2n) is 8.82. The number of aryl methyl sites for hydroxylation is 1. The molecule has 9 heteroatoms. The number of hydrogen-bond acceptors (Lipinski definition) is 6. The second kappa shape index (κ2) is 12.4. The van der Waals surface area contributed by atoms with Crippen molar-refractivity contribution in [1.29, 1.82) is 0 Å². The van der Waals surface area contributed by atoms with E-state index in [1.165, 1.54) is 16.7 Å². The minimum atomic E-state index is -0.299. The molecule has 0 aromatic heterocycles. The standard InChI is InChI=1S/C31H23ClN2O4S2/c1-20-7-10-22(11-8-20)33-29(35)19-37-27-16-9-21(17-26(27)32)18-28-30(36)34(31(39)40-28)23-12-14-25(15-13-23)38-24-5-3-2-4-6-24/h2-18H,19H2,1H3,(H,33,35)/b28-18-. The summed E-state index contributed by atoms with van der Waals surface area (Å²) in [7, 11) is 0. The Balaban J connectivity index is 1.21. The molecule has 1 heterocycles. The number of amides is 2. The average Bonchev–Trinajstić information content (AvgIpc) is 3.22. The first kappa shape index (κ1) is 27.5. The number of hydrogen-bond donors (Lipinski definition) is 1. The molecule has 40 heavy (non-hydrogen) atoms. The van der Waals surface area contributed by atoms with Crippen molar-refractivity contribution in [2.45, 2.75) is 6.92 Å². The molecule has 1 aliphatic rings. The fourth-order valence-corrected chi connectivity index (χ4v) is 5.37. The number of thioether (sulfide) groups is 1. The van der Waals surface area contributed by atoms with Gasteiger partial charge in [-0.15, -0.1) is 0 Å². The summed E-state index contributed by atoms with van der Waals surface area (Å²) >= 11 is 13.1. The number of nitrogens with one attached hydrogen (secondary N) is 1. The van der Waals surface area contributed by atoms with E-state index in [4.69, 9.17) is 33.3 Å². The van der Waals surface area contributed by atoms with Crippen molar-refractivity contribution >= 4 is 69.2 Å². The lowest BCUT2D eigenvalue weighted by atomic mass is 10.2. The Kier molecular flexibility index (Phi) is 8.50. The molecule has 1 N–H and O–H groups in total. The summed E-state index contributed by atoms with van der Waals surface area (Å²) in [5.41, 5.74) is 3.15. The van der Waals surface area contributed by atoms with Gasteiger partial charge in [-0.25, -0.2) is 0 Å². The van der Waals surface area contributed by atoms with E-state index in [-0.39, 0.29) is 18.4 Å². The van der Waals surface area contributed by atoms with Crippen LogP contribution >= 0.6 is 35.6 Å². The average molecular weight is 587 g/mol. The molecule has 6 nitrogen and oxygen atoms in total. The maximum atomic E-state index is 13.2. The van der Waals surface area contributed by atoms with Crippen molar-refractivity contribution in [3.8, 4) is 17.2 Å². The third kappa shape index (κ3) is 6.71. The second-order valence-corrected chi connectivity index (χ2v) is 10.9. The number of anilines is 2. The van der Waals surface area contributed by atoms with Crippen LogP contribution in [0.2, 0.25) is 5.02 Å². The molecule has 0 radical (unpaired) electrons. The Morgan fingerprint density at radius 3 is 2.38 bits per heavy atom. The topological polar surface area (TPSA) is 67.9 Å². The zero-order valence-corrected chi connectivity index (χ0v) is 23.7. The lowest BCUT2D eigenvalue weighted by Gasteiger charge is -2.15. The number of carbonyl (C=O) groups is 2. The molecule has 0 atom stereocenters. The van der Waals surface area contributed by atoms with Gasteiger partial charge in [0.05, 0.1) is 15.6 Å². The monoisotopic (exact) mass is 586 g/mol. The van der Waals surface area contributed by atoms with Gasteiger partial charge in [-0.3, -0.25) is 14.5 Å². The van der Waals surface area contributed by atoms with Gasteiger partial charge in [0.25, 0.3) is 11.8 Å². The number of ether oxygens (including phenoxy) is 2. The number of nitrogens with zero attached hydrogens (tertiary/aromatic N) is 1. The van der Waals surface area contributed by atoms with Crippen LogP contribution in [-0.4, -0.2) is 22.7 Å². The van der Waals surface area contributed by atoms with E-state index >= 15 is 0 Å². The highest BCUT2D eigenvalue weighted by Gasteiger charge is 2.33. The first-order valence-corrected chi connectivity index (χ1v) is 13.9. The molecule has 1 aliphatic heterocycles. The Labute approximate surface area is 246 Å². The minimum absolute atomic E-state index is 0.194. The van der Waals surface area contributed by atoms with Gasteiger partial charge in [-0.1, -0.05) is 77.5 Å². The quantitative estimate of drug-likeness (QED) is 0.167. The van der Waals surface area contributed by atoms with Crippen LogP contribution in [0.4, 0.5) is 11.4 Å².